The molecule has 3 rings (SSSR count). The average Bonchev–Trinajstić information content (AvgIpc) is 2.78. The van der Waals surface area contributed by atoms with Crippen LogP contribution in [0.15, 0.2) is 54.6 Å². The van der Waals surface area contributed by atoms with Crippen LogP contribution in [-0.4, -0.2) is 49.4 Å². The van der Waals surface area contributed by atoms with Crippen molar-refractivity contribution < 1.29 is 19.1 Å². The van der Waals surface area contributed by atoms with E-state index in [-0.39, 0.29) is 24.3 Å². The summed E-state index contributed by atoms with van der Waals surface area (Å²) in [7, 11) is 1.32. The van der Waals surface area contributed by atoms with Gasteiger partial charge in [0.2, 0.25) is 11.8 Å². The second-order valence-electron chi connectivity index (χ2n) is 7.37. The lowest BCUT2D eigenvalue weighted by Gasteiger charge is -2.30. The number of anilines is 1. The molecule has 7 nitrogen and oxygen atoms in total. The minimum absolute atomic E-state index is 0.0234. The molecule has 158 valence electrons. The third-order valence-corrected chi connectivity index (χ3v) is 5.20. The molecule has 1 saturated heterocycles. The van der Waals surface area contributed by atoms with Crippen molar-refractivity contribution in [3.05, 3.63) is 65.7 Å². The van der Waals surface area contributed by atoms with Gasteiger partial charge in [-0.05, 0) is 49.7 Å². The van der Waals surface area contributed by atoms with E-state index in [4.69, 9.17) is 4.74 Å². The summed E-state index contributed by atoms with van der Waals surface area (Å²) >= 11 is 0. The number of hydrogen-bond donors (Lipinski definition) is 2. The summed E-state index contributed by atoms with van der Waals surface area (Å²) in [4.78, 5) is 38.4. The fourth-order valence-corrected chi connectivity index (χ4v) is 3.53. The van der Waals surface area contributed by atoms with Crippen molar-refractivity contribution in [3.8, 4) is 0 Å². The van der Waals surface area contributed by atoms with E-state index < -0.39 is 5.97 Å². The monoisotopic (exact) mass is 409 g/mol. The van der Waals surface area contributed by atoms with Gasteiger partial charge in [0.05, 0.1) is 19.2 Å². The lowest BCUT2D eigenvalue weighted by atomic mass is 9.96. The molecule has 0 saturated carbocycles. The summed E-state index contributed by atoms with van der Waals surface area (Å²) in [6, 6.07) is 16.5. The van der Waals surface area contributed by atoms with E-state index >= 15 is 0 Å². The number of carbonyl (C=O) groups excluding carboxylic acids is 3. The van der Waals surface area contributed by atoms with Crippen molar-refractivity contribution >= 4 is 23.5 Å². The maximum absolute atomic E-state index is 12.4. The number of benzene rings is 2. The third kappa shape index (κ3) is 6.15. The number of hydrogen-bond acceptors (Lipinski definition) is 5. The number of likely N-dealkylation sites (tertiary alicyclic amines) is 1. The Balaban J connectivity index is 1.41. The Kier molecular flexibility index (Phi) is 7.57. The van der Waals surface area contributed by atoms with Gasteiger partial charge in [-0.2, -0.15) is 0 Å². The highest BCUT2D eigenvalue weighted by molar-refractivity contribution is 5.95. The summed E-state index contributed by atoms with van der Waals surface area (Å²) in [5, 5.41) is 5.81. The molecule has 0 aromatic heterocycles. The summed E-state index contributed by atoms with van der Waals surface area (Å²) < 4.78 is 4.70. The molecule has 1 aliphatic heterocycles. The average molecular weight is 409 g/mol. The molecule has 30 heavy (non-hydrogen) atoms. The number of esters is 1. The first-order valence-electron chi connectivity index (χ1n) is 10.1. The highest BCUT2D eigenvalue weighted by atomic mass is 16.5. The first-order chi connectivity index (χ1) is 14.5. The van der Waals surface area contributed by atoms with Crippen LogP contribution in [0.2, 0.25) is 0 Å². The normalized spacial score (nSPS) is 14.7. The number of amides is 2. The van der Waals surface area contributed by atoms with E-state index in [0.717, 1.165) is 18.4 Å². The molecule has 0 spiro atoms. The molecule has 0 radical (unpaired) electrons. The van der Waals surface area contributed by atoms with Crippen LogP contribution in [0.4, 0.5) is 5.69 Å². The zero-order chi connectivity index (χ0) is 21.3. The predicted octanol–water partition coefficient (Wildman–Crippen LogP) is 2.44. The Morgan fingerprint density at radius 3 is 2.47 bits per heavy atom. The second-order valence-corrected chi connectivity index (χ2v) is 7.37. The third-order valence-electron chi connectivity index (χ3n) is 5.20. The molecular formula is C23H27N3O4. The molecule has 0 aliphatic carbocycles. The number of piperidine rings is 1. The van der Waals surface area contributed by atoms with Gasteiger partial charge in [0.1, 0.15) is 0 Å². The first-order valence-corrected chi connectivity index (χ1v) is 10.1. The minimum atomic E-state index is -0.446. The number of nitrogens with one attached hydrogen (secondary N) is 2. The Hall–Kier alpha value is -3.19. The summed E-state index contributed by atoms with van der Waals surface area (Å²) in [6.07, 6.45) is 1.46. The number of ether oxygens (including phenoxy) is 1. The van der Waals surface area contributed by atoms with Gasteiger partial charge in [-0.3, -0.25) is 14.5 Å². The van der Waals surface area contributed by atoms with Gasteiger partial charge in [0.25, 0.3) is 0 Å². The molecular weight excluding hydrogens is 382 g/mol. The maximum Gasteiger partial charge on any atom is 0.337 e. The van der Waals surface area contributed by atoms with E-state index in [1.165, 1.54) is 7.11 Å². The van der Waals surface area contributed by atoms with Gasteiger partial charge < -0.3 is 15.4 Å². The van der Waals surface area contributed by atoms with Crippen LogP contribution in [0.3, 0.4) is 0 Å². The molecule has 1 aliphatic rings. The zero-order valence-electron chi connectivity index (χ0n) is 17.1. The van der Waals surface area contributed by atoms with Crippen molar-refractivity contribution in [2.75, 3.05) is 32.1 Å². The highest BCUT2D eigenvalue weighted by Crippen LogP contribution is 2.18. The van der Waals surface area contributed by atoms with Crippen molar-refractivity contribution in [2.45, 2.75) is 19.4 Å². The van der Waals surface area contributed by atoms with E-state index in [0.29, 0.717) is 30.9 Å². The number of methoxy groups -OCH3 is 1. The van der Waals surface area contributed by atoms with Crippen LogP contribution in [0.25, 0.3) is 0 Å². The maximum atomic E-state index is 12.4. The largest absolute Gasteiger partial charge is 0.465 e. The van der Waals surface area contributed by atoms with E-state index in [1.807, 2.05) is 35.2 Å². The van der Waals surface area contributed by atoms with Gasteiger partial charge in [-0.1, -0.05) is 36.4 Å². The molecule has 0 unspecified atom stereocenters. The SMILES string of the molecule is COC(=O)c1cccc(NC(=O)CN2CCC(C(=O)NCc3ccccc3)CC2)c1. The lowest BCUT2D eigenvalue weighted by molar-refractivity contribution is -0.126. The summed E-state index contributed by atoms with van der Waals surface area (Å²) in [6.45, 7) is 2.17. The fraction of sp³-hybridized carbons (Fsp3) is 0.348. The molecule has 2 N–H and O–H groups in total. The van der Waals surface area contributed by atoms with E-state index in [1.54, 1.807) is 24.3 Å². The van der Waals surface area contributed by atoms with Crippen molar-refractivity contribution in [1.29, 1.82) is 0 Å². The molecule has 7 heteroatoms. The number of carbonyl (C=O) groups is 3. The Morgan fingerprint density at radius 2 is 1.77 bits per heavy atom. The Bertz CT molecular complexity index is 877. The van der Waals surface area contributed by atoms with Gasteiger partial charge in [0, 0.05) is 18.2 Å². The van der Waals surface area contributed by atoms with E-state index in [9.17, 15) is 14.4 Å². The zero-order valence-corrected chi connectivity index (χ0v) is 17.1. The van der Waals surface area contributed by atoms with Gasteiger partial charge in [-0.25, -0.2) is 4.79 Å². The standard InChI is InChI=1S/C23H27N3O4/c1-30-23(29)19-8-5-9-20(14-19)25-21(27)16-26-12-10-18(11-13-26)22(28)24-15-17-6-3-2-4-7-17/h2-9,14,18H,10-13,15-16H2,1H3,(H,24,28)(H,25,27). The molecule has 1 heterocycles. The molecule has 2 amide bonds. The molecule has 2 aromatic rings. The number of rotatable bonds is 7. The van der Waals surface area contributed by atoms with Gasteiger partial charge in [-0.15, -0.1) is 0 Å². The van der Waals surface area contributed by atoms with Crippen molar-refractivity contribution in [2.24, 2.45) is 5.92 Å². The molecule has 1 fully saturated rings. The van der Waals surface area contributed by atoms with Crippen LogP contribution < -0.4 is 10.6 Å². The molecule has 2 aromatic carbocycles. The molecule has 0 atom stereocenters. The Labute approximate surface area is 176 Å². The minimum Gasteiger partial charge on any atom is -0.465 e. The van der Waals surface area contributed by atoms with Crippen molar-refractivity contribution in [1.82, 2.24) is 10.2 Å². The van der Waals surface area contributed by atoms with Crippen LogP contribution in [0.5, 0.6) is 0 Å². The van der Waals surface area contributed by atoms with Crippen LogP contribution in [0, 0.1) is 5.92 Å². The highest BCUT2D eigenvalue weighted by Gasteiger charge is 2.25. The first kappa shape index (κ1) is 21.5. The lowest BCUT2D eigenvalue weighted by Crippen LogP contribution is -2.43. The smallest absolute Gasteiger partial charge is 0.337 e. The Morgan fingerprint density at radius 1 is 1.03 bits per heavy atom. The predicted molar refractivity (Wildman–Crippen MR) is 114 cm³/mol. The van der Waals surface area contributed by atoms with Crippen molar-refractivity contribution in [3.63, 3.8) is 0 Å². The number of nitrogens with zero attached hydrogens (tertiary/aromatic N) is 1. The summed E-state index contributed by atoms with van der Waals surface area (Å²) in [5.41, 5.74) is 2.02. The fourth-order valence-electron chi connectivity index (χ4n) is 3.53. The quantitative estimate of drug-likeness (QED) is 0.686. The van der Waals surface area contributed by atoms with Crippen LogP contribution >= 0.6 is 0 Å². The van der Waals surface area contributed by atoms with E-state index in [2.05, 4.69) is 10.6 Å². The molecule has 0 bridgehead atoms. The topological polar surface area (TPSA) is 87.7 Å². The van der Waals surface area contributed by atoms with Gasteiger partial charge in [0.15, 0.2) is 0 Å². The van der Waals surface area contributed by atoms with Gasteiger partial charge >= 0.3 is 5.97 Å². The van der Waals surface area contributed by atoms with Crippen LogP contribution in [0.1, 0.15) is 28.8 Å². The van der Waals surface area contributed by atoms with Crippen LogP contribution in [-0.2, 0) is 20.9 Å². The second kappa shape index (κ2) is 10.5. The summed E-state index contributed by atoms with van der Waals surface area (Å²) in [5.74, 6) is -0.546.